The van der Waals surface area contributed by atoms with Gasteiger partial charge in [0.1, 0.15) is 0 Å². The van der Waals surface area contributed by atoms with Crippen LogP contribution in [0.25, 0.3) is 11.1 Å². The summed E-state index contributed by atoms with van der Waals surface area (Å²) in [5, 5.41) is 0. The molecule has 1 aliphatic carbocycles. The van der Waals surface area contributed by atoms with Crippen molar-refractivity contribution < 1.29 is 0 Å². The Morgan fingerprint density at radius 3 is 2.40 bits per heavy atom. The molecule has 3 rings (SSSR count). The molecular weight excluding hydrogens is 240 g/mol. The van der Waals surface area contributed by atoms with Gasteiger partial charge in [0, 0.05) is 5.41 Å². The van der Waals surface area contributed by atoms with Crippen LogP contribution in [0.15, 0.2) is 36.4 Å². The number of benzene rings is 2. The van der Waals surface area contributed by atoms with Crippen molar-refractivity contribution in [3.63, 3.8) is 0 Å². The zero-order valence-corrected chi connectivity index (χ0v) is 13.1. The van der Waals surface area contributed by atoms with Crippen molar-refractivity contribution in [3.8, 4) is 11.1 Å². The van der Waals surface area contributed by atoms with Crippen molar-refractivity contribution in [2.45, 2.75) is 52.4 Å². The summed E-state index contributed by atoms with van der Waals surface area (Å²) in [5.41, 5.74) is 9.12. The van der Waals surface area contributed by atoms with E-state index in [4.69, 9.17) is 0 Å². The maximum Gasteiger partial charge on any atom is 0.0189 e. The van der Waals surface area contributed by atoms with Crippen molar-refractivity contribution in [1.29, 1.82) is 0 Å². The van der Waals surface area contributed by atoms with E-state index in [0.29, 0.717) is 0 Å². The molecule has 0 aliphatic heterocycles. The van der Waals surface area contributed by atoms with Gasteiger partial charge in [-0.3, -0.25) is 0 Å². The summed E-state index contributed by atoms with van der Waals surface area (Å²) in [7, 11) is 0. The SMILES string of the molecule is CCCCC1(C)c2ccccc2-c2c(C)ccc(C)c21. The highest BCUT2D eigenvalue weighted by molar-refractivity contribution is 5.84. The fraction of sp³-hybridized carbons (Fsp3) is 0.400. The van der Waals surface area contributed by atoms with Gasteiger partial charge in [0.05, 0.1) is 0 Å². The van der Waals surface area contributed by atoms with Crippen LogP contribution in [-0.2, 0) is 5.41 Å². The van der Waals surface area contributed by atoms with Gasteiger partial charge < -0.3 is 0 Å². The molecule has 0 heterocycles. The van der Waals surface area contributed by atoms with Crippen LogP contribution in [0.4, 0.5) is 0 Å². The van der Waals surface area contributed by atoms with Gasteiger partial charge in [-0.25, -0.2) is 0 Å². The molecular formula is C20H24. The Morgan fingerprint density at radius 1 is 0.950 bits per heavy atom. The number of aryl methyl sites for hydroxylation is 2. The highest BCUT2D eigenvalue weighted by Gasteiger charge is 2.40. The number of fused-ring (bicyclic) bond motifs is 3. The zero-order valence-electron chi connectivity index (χ0n) is 13.1. The average Bonchev–Trinajstić information content (AvgIpc) is 2.73. The van der Waals surface area contributed by atoms with Crippen LogP contribution >= 0.6 is 0 Å². The molecule has 0 saturated carbocycles. The van der Waals surface area contributed by atoms with E-state index in [1.165, 1.54) is 47.1 Å². The lowest BCUT2D eigenvalue weighted by molar-refractivity contribution is 0.502. The average molecular weight is 264 g/mol. The van der Waals surface area contributed by atoms with Gasteiger partial charge in [-0.2, -0.15) is 0 Å². The molecule has 0 fully saturated rings. The normalized spacial score (nSPS) is 19.8. The molecule has 1 aliphatic rings. The molecule has 0 bridgehead atoms. The van der Waals surface area contributed by atoms with Crippen LogP contribution in [-0.4, -0.2) is 0 Å². The smallest absolute Gasteiger partial charge is 0.0189 e. The second-order valence-corrected chi connectivity index (χ2v) is 6.43. The molecule has 0 radical (unpaired) electrons. The number of hydrogen-bond acceptors (Lipinski definition) is 0. The standard InChI is InChI=1S/C20H24/c1-5-6-13-20(4)17-10-8-7-9-16(17)18-14(2)11-12-15(3)19(18)20/h7-12H,5-6,13H2,1-4H3. The topological polar surface area (TPSA) is 0 Å². The van der Waals surface area contributed by atoms with Gasteiger partial charge in [0.25, 0.3) is 0 Å². The second kappa shape index (κ2) is 4.77. The van der Waals surface area contributed by atoms with Crippen molar-refractivity contribution in [3.05, 3.63) is 58.7 Å². The summed E-state index contributed by atoms with van der Waals surface area (Å²) in [5.74, 6) is 0. The van der Waals surface area contributed by atoms with E-state index in [-0.39, 0.29) is 5.41 Å². The molecule has 104 valence electrons. The highest BCUT2D eigenvalue weighted by atomic mass is 14.4. The van der Waals surface area contributed by atoms with Crippen molar-refractivity contribution in [2.75, 3.05) is 0 Å². The van der Waals surface area contributed by atoms with Gasteiger partial charge in [0.2, 0.25) is 0 Å². The molecule has 20 heavy (non-hydrogen) atoms. The van der Waals surface area contributed by atoms with E-state index in [0.717, 1.165) is 0 Å². The second-order valence-electron chi connectivity index (χ2n) is 6.43. The molecule has 0 aromatic heterocycles. The Balaban J connectivity index is 2.31. The first kappa shape index (κ1) is 13.4. The Labute approximate surface area is 122 Å². The van der Waals surface area contributed by atoms with Crippen molar-refractivity contribution in [2.24, 2.45) is 0 Å². The largest absolute Gasteiger partial charge is 0.0654 e. The first-order valence-corrected chi connectivity index (χ1v) is 7.80. The predicted molar refractivity (Wildman–Crippen MR) is 87.3 cm³/mol. The van der Waals surface area contributed by atoms with E-state index in [9.17, 15) is 0 Å². The van der Waals surface area contributed by atoms with Crippen LogP contribution in [0.2, 0.25) is 0 Å². The van der Waals surface area contributed by atoms with Gasteiger partial charge in [-0.05, 0) is 53.6 Å². The molecule has 1 unspecified atom stereocenters. The fourth-order valence-corrected chi connectivity index (χ4v) is 3.98. The summed E-state index contributed by atoms with van der Waals surface area (Å²) >= 11 is 0. The fourth-order valence-electron chi connectivity index (χ4n) is 3.98. The summed E-state index contributed by atoms with van der Waals surface area (Å²) in [6, 6.07) is 13.6. The number of rotatable bonds is 3. The maximum atomic E-state index is 2.44. The minimum atomic E-state index is 0.192. The van der Waals surface area contributed by atoms with E-state index in [1.54, 1.807) is 5.56 Å². The number of unbranched alkanes of at least 4 members (excludes halogenated alkanes) is 1. The van der Waals surface area contributed by atoms with E-state index in [2.05, 4.69) is 64.1 Å². The Bertz CT molecular complexity index is 651. The van der Waals surface area contributed by atoms with Gasteiger partial charge in [0.15, 0.2) is 0 Å². The third-order valence-electron chi connectivity index (χ3n) is 4.99. The van der Waals surface area contributed by atoms with Crippen LogP contribution in [0, 0.1) is 13.8 Å². The van der Waals surface area contributed by atoms with E-state index < -0.39 is 0 Å². The third kappa shape index (κ3) is 1.74. The summed E-state index contributed by atoms with van der Waals surface area (Å²) in [6.07, 6.45) is 3.80. The predicted octanol–water partition coefficient (Wildman–Crippen LogP) is 5.78. The van der Waals surface area contributed by atoms with E-state index in [1.807, 2.05) is 0 Å². The Kier molecular flexibility index (Phi) is 3.20. The van der Waals surface area contributed by atoms with E-state index >= 15 is 0 Å². The molecule has 0 heteroatoms. The minimum Gasteiger partial charge on any atom is -0.0654 e. The van der Waals surface area contributed by atoms with Crippen LogP contribution in [0.5, 0.6) is 0 Å². The molecule has 2 aromatic carbocycles. The number of hydrogen-bond donors (Lipinski definition) is 0. The van der Waals surface area contributed by atoms with Gasteiger partial charge in [-0.15, -0.1) is 0 Å². The molecule has 0 nitrogen and oxygen atoms in total. The molecule has 0 spiro atoms. The van der Waals surface area contributed by atoms with Crippen molar-refractivity contribution in [1.82, 2.24) is 0 Å². The van der Waals surface area contributed by atoms with Crippen molar-refractivity contribution >= 4 is 0 Å². The third-order valence-corrected chi connectivity index (χ3v) is 4.99. The first-order valence-electron chi connectivity index (χ1n) is 7.80. The Hall–Kier alpha value is -1.56. The lowest BCUT2D eigenvalue weighted by Crippen LogP contribution is -2.21. The molecule has 0 amide bonds. The quantitative estimate of drug-likeness (QED) is 0.659. The lowest BCUT2D eigenvalue weighted by atomic mass is 9.74. The molecule has 2 aromatic rings. The van der Waals surface area contributed by atoms with Gasteiger partial charge in [-0.1, -0.05) is 63.1 Å². The van der Waals surface area contributed by atoms with Crippen LogP contribution in [0.3, 0.4) is 0 Å². The maximum absolute atomic E-state index is 2.44. The molecule has 0 N–H and O–H groups in total. The van der Waals surface area contributed by atoms with Crippen LogP contribution < -0.4 is 0 Å². The molecule has 1 atom stereocenters. The van der Waals surface area contributed by atoms with Crippen LogP contribution in [0.1, 0.15) is 55.4 Å². The van der Waals surface area contributed by atoms with Gasteiger partial charge >= 0.3 is 0 Å². The summed E-state index contributed by atoms with van der Waals surface area (Å²) in [6.45, 7) is 9.25. The summed E-state index contributed by atoms with van der Waals surface area (Å²) in [4.78, 5) is 0. The first-order chi connectivity index (χ1) is 9.59. The monoisotopic (exact) mass is 264 g/mol. The molecule has 0 saturated heterocycles. The highest BCUT2D eigenvalue weighted by Crippen LogP contribution is 2.53. The Morgan fingerprint density at radius 2 is 1.65 bits per heavy atom. The lowest BCUT2D eigenvalue weighted by Gasteiger charge is -2.29. The zero-order chi connectivity index (χ0) is 14.3. The minimum absolute atomic E-state index is 0.192. The summed E-state index contributed by atoms with van der Waals surface area (Å²) < 4.78 is 0.